The molecule has 0 spiro atoms. The van der Waals surface area contributed by atoms with Crippen molar-refractivity contribution in [2.24, 2.45) is 7.05 Å². The number of aryl methyl sites for hydroxylation is 1. The van der Waals surface area contributed by atoms with E-state index in [0.29, 0.717) is 17.4 Å². The summed E-state index contributed by atoms with van der Waals surface area (Å²) in [5, 5.41) is 15.7. The van der Waals surface area contributed by atoms with Gasteiger partial charge in [-0.1, -0.05) is 0 Å². The summed E-state index contributed by atoms with van der Waals surface area (Å²) >= 11 is 0. The number of hydrogen-bond acceptors (Lipinski definition) is 4. The van der Waals surface area contributed by atoms with Gasteiger partial charge >= 0.3 is 0 Å². The Hall–Kier alpha value is -2.55. The number of benzene rings is 1. The summed E-state index contributed by atoms with van der Waals surface area (Å²) in [7, 11) is 3.28. The Bertz CT molecular complexity index is 615. The summed E-state index contributed by atoms with van der Waals surface area (Å²) < 4.78 is 20.0. The van der Waals surface area contributed by atoms with Gasteiger partial charge in [0.15, 0.2) is 5.82 Å². The molecule has 0 atom stereocenters. The fraction of sp³-hybridized carbons (Fsp3) is 0.167. The molecule has 0 radical (unpaired) electrons. The quantitative estimate of drug-likeness (QED) is 0.901. The number of rotatable bonds is 3. The normalized spacial score (nSPS) is 9.89. The fourth-order valence-electron chi connectivity index (χ4n) is 1.53. The molecule has 0 saturated heterocycles. The Kier molecular flexibility index (Phi) is 3.15. The Morgan fingerprint density at radius 3 is 2.78 bits per heavy atom. The van der Waals surface area contributed by atoms with Gasteiger partial charge in [-0.15, -0.1) is 0 Å². The van der Waals surface area contributed by atoms with Crippen molar-refractivity contribution in [3.8, 4) is 11.9 Å². The van der Waals surface area contributed by atoms with Gasteiger partial charge in [-0.05, 0) is 18.2 Å². The highest BCUT2D eigenvalue weighted by Crippen LogP contribution is 2.21. The van der Waals surface area contributed by atoms with Crippen LogP contribution < -0.4 is 10.1 Å². The van der Waals surface area contributed by atoms with Crippen LogP contribution in [0.2, 0.25) is 0 Å². The van der Waals surface area contributed by atoms with Crippen molar-refractivity contribution in [1.29, 1.82) is 5.26 Å². The number of halogens is 1. The lowest BCUT2D eigenvalue weighted by molar-refractivity contribution is 0.373. The van der Waals surface area contributed by atoms with Gasteiger partial charge in [0, 0.05) is 18.8 Å². The van der Waals surface area contributed by atoms with Crippen LogP contribution in [0.25, 0.3) is 0 Å². The Morgan fingerprint density at radius 1 is 1.44 bits per heavy atom. The molecule has 2 aromatic rings. The first-order chi connectivity index (χ1) is 8.63. The predicted octanol–water partition coefficient (Wildman–Crippen LogP) is 2.18. The van der Waals surface area contributed by atoms with E-state index < -0.39 is 5.82 Å². The standard InChI is InChI=1S/C12H11FN4O/c1-17-12(18-2)6-11(16-17)15-9-4-3-8(7-14)10(13)5-9/h3-6H,1-2H3,(H,15,16). The predicted molar refractivity (Wildman–Crippen MR) is 64.2 cm³/mol. The number of ether oxygens (including phenoxy) is 1. The molecule has 1 N–H and O–H groups in total. The second kappa shape index (κ2) is 4.75. The number of nitriles is 1. The molecule has 0 bridgehead atoms. The summed E-state index contributed by atoms with van der Waals surface area (Å²) in [5.41, 5.74) is 0.534. The summed E-state index contributed by atoms with van der Waals surface area (Å²) in [6.45, 7) is 0. The van der Waals surface area contributed by atoms with Crippen molar-refractivity contribution in [2.45, 2.75) is 0 Å². The molecule has 0 aliphatic heterocycles. The van der Waals surface area contributed by atoms with E-state index in [4.69, 9.17) is 10.00 Å². The van der Waals surface area contributed by atoms with Gasteiger partial charge in [-0.2, -0.15) is 10.4 Å². The second-order valence-corrected chi connectivity index (χ2v) is 3.63. The van der Waals surface area contributed by atoms with Crippen LogP contribution in [0.4, 0.5) is 15.9 Å². The Balaban J connectivity index is 2.23. The zero-order valence-electron chi connectivity index (χ0n) is 9.94. The van der Waals surface area contributed by atoms with Crippen molar-refractivity contribution in [3.05, 3.63) is 35.6 Å². The van der Waals surface area contributed by atoms with E-state index in [0.717, 1.165) is 0 Å². The van der Waals surface area contributed by atoms with E-state index in [1.165, 1.54) is 12.1 Å². The lowest BCUT2D eigenvalue weighted by Crippen LogP contribution is -1.96. The molecule has 1 heterocycles. The molecule has 2 rings (SSSR count). The van der Waals surface area contributed by atoms with E-state index in [1.807, 2.05) is 0 Å². The third kappa shape index (κ3) is 2.25. The molecular weight excluding hydrogens is 235 g/mol. The highest BCUT2D eigenvalue weighted by Gasteiger charge is 2.07. The molecule has 92 valence electrons. The SMILES string of the molecule is COc1cc(Nc2ccc(C#N)c(F)c2)nn1C. The van der Waals surface area contributed by atoms with Gasteiger partial charge in [0.05, 0.1) is 12.7 Å². The molecule has 0 aliphatic carbocycles. The molecule has 1 aromatic carbocycles. The van der Waals surface area contributed by atoms with Crippen LogP contribution in [0.3, 0.4) is 0 Å². The van der Waals surface area contributed by atoms with E-state index in [2.05, 4.69) is 10.4 Å². The van der Waals surface area contributed by atoms with Gasteiger partial charge in [0.1, 0.15) is 11.9 Å². The Labute approximate surface area is 103 Å². The van der Waals surface area contributed by atoms with Crippen LogP contribution in [0.5, 0.6) is 5.88 Å². The van der Waals surface area contributed by atoms with E-state index in [-0.39, 0.29) is 5.56 Å². The molecule has 0 fully saturated rings. The maximum Gasteiger partial charge on any atom is 0.213 e. The van der Waals surface area contributed by atoms with E-state index in [1.54, 1.807) is 37.0 Å². The summed E-state index contributed by atoms with van der Waals surface area (Å²) in [4.78, 5) is 0. The van der Waals surface area contributed by atoms with Crippen LogP contribution >= 0.6 is 0 Å². The minimum Gasteiger partial charge on any atom is -0.481 e. The third-order valence-corrected chi connectivity index (χ3v) is 2.41. The minimum absolute atomic E-state index is 0.0131. The molecular formula is C12H11FN4O. The first-order valence-electron chi connectivity index (χ1n) is 5.18. The molecule has 0 aliphatic rings. The molecule has 0 unspecified atom stereocenters. The average Bonchev–Trinajstić information content (AvgIpc) is 2.69. The topological polar surface area (TPSA) is 62.9 Å². The first-order valence-corrected chi connectivity index (χ1v) is 5.18. The molecule has 18 heavy (non-hydrogen) atoms. The third-order valence-electron chi connectivity index (χ3n) is 2.41. The van der Waals surface area contributed by atoms with Crippen molar-refractivity contribution >= 4 is 11.5 Å². The summed E-state index contributed by atoms with van der Waals surface area (Å²) in [6, 6.07) is 7.73. The van der Waals surface area contributed by atoms with Gasteiger partial charge in [0.25, 0.3) is 0 Å². The lowest BCUT2D eigenvalue weighted by atomic mass is 10.2. The van der Waals surface area contributed by atoms with Crippen LogP contribution in [0, 0.1) is 17.1 Å². The van der Waals surface area contributed by atoms with Gasteiger partial charge < -0.3 is 10.1 Å². The number of hydrogen-bond donors (Lipinski definition) is 1. The lowest BCUT2D eigenvalue weighted by Gasteiger charge is -2.02. The van der Waals surface area contributed by atoms with Crippen molar-refractivity contribution < 1.29 is 9.13 Å². The number of nitrogens with one attached hydrogen (secondary N) is 1. The van der Waals surface area contributed by atoms with Crippen molar-refractivity contribution in [1.82, 2.24) is 9.78 Å². The zero-order valence-corrected chi connectivity index (χ0v) is 9.94. The number of aromatic nitrogens is 2. The van der Waals surface area contributed by atoms with E-state index in [9.17, 15) is 4.39 Å². The fourth-order valence-corrected chi connectivity index (χ4v) is 1.53. The highest BCUT2D eigenvalue weighted by atomic mass is 19.1. The second-order valence-electron chi connectivity index (χ2n) is 3.63. The van der Waals surface area contributed by atoms with Crippen molar-refractivity contribution in [2.75, 3.05) is 12.4 Å². The number of methoxy groups -OCH3 is 1. The first kappa shape index (κ1) is 11.9. The van der Waals surface area contributed by atoms with Gasteiger partial charge in [-0.3, -0.25) is 0 Å². The van der Waals surface area contributed by atoms with Gasteiger partial charge in [0.2, 0.25) is 5.88 Å². The molecule has 1 aromatic heterocycles. The van der Waals surface area contributed by atoms with Crippen molar-refractivity contribution in [3.63, 3.8) is 0 Å². The van der Waals surface area contributed by atoms with Crippen LogP contribution in [-0.2, 0) is 7.05 Å². The van der Waals surface area contributed by atoms with Crippen LogP contribution in [0.1, 0.15) is 5.56 Å². The number of nitrogens with zero attached hydrogens (tertiary/aromatic N) is 3. The van der Waals surface area contributed by atoms with Gasteiger partial charge in [-0.25, -0.2) is 9.07 Å². The maximum absolute atomic E-state index is 13.4. The largest absolute Gasteiger partial charge is 0.481 e. The minimum atomic E-state index is -0.564. The summed E-state index contributed by atoms with van der Waals surface area (Å²) in [5.74, 6) is 0.565. The zero-order chi connectivity index (χ0) is 13.1. The molecule has 0 amide bonds. The average molecular weight is 246 g/mol. The summed E-state index contributed by atoms with van der Waals surface area (Å²) in [6.07, 6.45) is 0. The molecule has 5 nitrogen and oxygen atoms in total. The Morgan fingerprint density at radius 2 is 2.22 bits per heavy atom. The molecule has 6 heteroatoms. The van der Waals surface area contributed by atoms with Crippen LogP contribution in [-0.4, -0.2) is 16.9 Å². The smallest absolute Gasteiger partial charge is 0.213 e. The van der Waals surface area contributed by atoms with E-state index >= 15 is 0 Å². The number of anilines is 2. The van der Waals surface area contributed by atoms with Crippen LogP contribution in [0.15, 0.2) is 24.3 Å². The highest BCUT2D eigenvalue weighted by molar-refractivity contribution is 5.58. The molecule has 0 saturated carbocycles. The maximum atomic E-state index is 13.4. The monoisotopic (exact) mass is 246 g/mol.